The molecule has 0 aromatic carbocycles. The van der Waals surface area contributed by atoms with Gasteiger partial charge < -0.3 is 21.5 Å². The van der Waals surface area contributed by atoms with E-state index in [-0.39, 0.29) is 47.0 Å². The Morgan fingerprint density at radius 2 is 1.33 bits per heavy atom. The Balaban J connectivity index is -0.0000000450. The maximum atomic E-state index is 8.25. The Morgan fingerprint density at radius 3 is 1.33 bits per heavy atom. The first-order valence-corrected chi connectivity index (χ1v) is 0.548. The molecule has 0 radical (unpaired) electrons. The fraction of sp³-hybridized carbons (Fsp3) is 0. The van der Waals surface area contributed by atoms with Crippen LogP contribution >= 0.6 is 0 Å². The molecule has 5 nitrogen and oxygen atoms in total. The standard InChI is InChI=1S/NO3.H3N.Nd/c2-1(3)4;;/h;1H3;/q-1;;/p+1. The van der Waals surface area contributed by atoms with Gasteiger partial charge in [0.15, 0.2) is 0 Å². The molecule has 0 aliphatic heterocycles. The zero-order valence-corrected chi connectivity index (χ0v) is 6.38. The zero-order valence-electron chi connectivity index (χ0n) is 3.17. The monoisotopic (exact) mass is 222 g/mol. The Bertz CT molecular complexity index is 31.8. The van der Waals surface area contributed by atoms with E-state index in [0.717, 1.165) is 0 Å². The van der Waals surface area contributed by atoms with Crippen molar-refractivity contribution in [2.75, 3.05) is 0 Å². The second kappa shape index (κ2) is 9.10. The van der Waals surface area contributed by atoms with Crippen LogP contribution < -0.4 is 6.15 Å². The summed E-state index contributed by atoms with van der Waals surface area (Å²) in [5, 5.41) is 14.8. The van der Waals surface area contributed by atoms with Crippen LogP contribution in [0.15, 0.2) is 0 Å². The summed E-state index contributed by atoms with van der Waals surface area (Å²) in [6.07, 6.45) is 0. The van der Waals surface area contributed by atoms with Crippen molar-refractivity contribution >= 4 is 0 Å². The average molecular weight is 224 g/mol. The SMILES string of the molecule is O=[N+]([O-])[O-].[NH4+].[Nd]. The van der Waals surface area contributed by atoms with Crippen molar-refractivity contribution < 1.29 is 45.9 Å². The van der Waals surface area contributed by atoms with E-state index in [1.807, 2.05) is 0 Å². The van der Waals surface area contributed by atoms with E-state index < -0.39 is 5.09 Å². The predicted octanol–water partition coefficient (Wildman–Crippen LogP) is 0.137. The molecule has 0 amide bonds. The molecule has 6 heavy (non-hydrogen) atoms. The van der Waals surface area contributed by atoms with Crippen molar-refractivity contribution in [3.05, 3.63) is 15.3 Å². The Kier molecular flexibility index (Phi) is 24.3. The van der Waals surface area contributed by atoms with E-state index in [9.17, 15) is 0 Å². The van der Waals surface area contributed by atoms with Crippen LogP contribution in [0.5, 0.6) is 0 Å². The first-order chi connectivity index (χ1) is 1.73. The van der Waals surface area contributed by atoms with Gasteiger partial charge in [0.2, 0.25) is 0 Å². The van der Waals surface area contributed by atoms with Gasteiger partial charge in [0.05, 0.1) is 5.09 Å². The molecule has 4 N–H and O–H groups in total. The van der Waals surface area contributed by atoms with E-state index in [0.29, 0.717) is 0 Å². The number of nitrogens with zero attached hydrogens (tertiary/aromatic N) is 1. The van der Waals surface area contributed by atoms with Crippen LogP contribution in [-0.2, 0) is 0 Å². The smallest absolute Gasteiger partial charge is 0.0689 e. The van der Waals surface area contributed by atoms with Gasteiger partial charge in [-0.2, -0.15) is 0 Å². The van der Waals surface area contributed by atoms with Gasteiger partial charge in [0.25, 0.3) is 0 Å². The van der Waals surface area contributed by atoms with Crippen molar-refractivity contribution in [1.29, 1.82) is 0 Å². The molecule has 0 aromatic rings. The first kappa shape index (κ1) is 16.0. The molecule has 0 atom stereocenters. The summed E-state index contributed by atoms with van der Waals surface area (Å²) in [5.74, 6) is 0. The molecule has 0 unspecified atom stereocenters. The molecular formula is H4N2NdO3. The third kappa shape index (κ3) is 213. The molecular weight excluding hydrogens is 220 g/mol. The van der Waals surface area contributed by atoms with Crippen LogP contribution in [0.4, 0.5) is 0 Å². The number of quaternary nitrogens is 1. The van der Waals surface area contributed by atoms with E-state index in [1.54, 1.807) is 0 Å². The summed E-state index contributed by atoms with van der Waals surface area (Å²) in [6.45, 7) is 0. The molecule has 0 fully saturated rings. The fourth-order valence-electron chi connectivity index (χ4n) is 0. The molecule has 0 aliphatic rings. The molecule has 6 heteroatoms. The Morgan fingerprint density at radius 1 is 1.33 bits per heavy atom. The van der Waals surface area contributed by atoms with Gasteiger partial charge in [0.1, 0.15) is 0 Å². The number of hydrogen-bond donors (Lipinski definition) is 1. The maximum absolute atomic E-state index is 8.25. The molecule has 0 saturated heterocycles. The molecule has 0 spiro atoms. The van der Waals surface area contributed by atoms with Crippen molar-refractivity contribution in [2.45, 2.75) is 0 Å². The van der Waals surface area contributed by atoms with Gasteiger partial charge in [-0.1, -0.05) is 0 Å². The largest absolute Gasteiger partial charge is 0.369 e. The number of rotatable bonds is 0. The third-order valence-corrected chi connectivity index (χ3v) is 0. The molecule has 0 aromatic heterocycles. The average Bonchev–Trinajstić information content (AvgIpc) is 0.811. The summed E-state index contributed by atoms with van der Waals surface area (Å²) >= 11 is 0. The van der Waals surface area contributed by atoms with Crippen LogP contribution in [0.2, 0.25) is 0 Å². The molecule has 0 heterocycles. The minimum Gasteiger partial charge on any atom is -0.369 e. The van der Waals surface area contributed by atoms with Crippen LogP contribution in [0.3, 0.4) is 0 Å². The van der Waals surface area contributed by atoms with Gasteiger partial charge in [-0.15, -0.1) is 0 Å². The number of hydrogen-bond acceptors (Lipinski definition) is 3. The van der Waals surface area contributed by atoms with E-state index in [4.69, 9.17) is 15.3 Å². The van der Waals surface area contributed by atoms with E-state index >= 15 is 0 Å². The molecule has 36 valence electrons. The maximum Gasteiger partial charge on any atom is 0.0689 e. The Hall–Kier alpha value is 0.511. The van der Waals surface area contributed by atoms with Crippen molar-refractivity contribution in [1.82, 2.24) is 6.15 Å². The third-order valence-electron chi connectivity index (χ3n) is 0. The van der Waals surface area contributed by atoms with Gasteiger partial charge in [-0.3, -0.25) is 0 Å². The summed E-state index contributed by atoms with van der Waals surface area (Å²) in [4.78, 5) is 8.25. The van der Waals surface area contributed by atoms with Gasteiger partial charge in [0, 0.05) is 40.8 Å². The molecule has 0 bridgehead atoms. The van der Waals surface area contributed by atoms with Gasteiger partial charge >= 0.3 is 0 Å². The van der Waals surface area contributed by atoms with Crippen LogP contribution in [0, 0.1) is 56.2 Å². The van der Waals surface area contributed by atoms with Gasteiger partial charge in [-0.05, 0) is 0 Å². The predicted molar refractivity (Wildman–Crippen MR) is 16.3 cm³/mol. The fourth-order valence-corrected chi connectivity index (χ4v) is 0. The van der Waals surface area contributed by atoms with Crippen LogP contribution in [-0.4, -0.2) is 5.09 Å². The van der Waals surface area contributed by atoms with Gasteiger partial charge in [-0.25, -0.2) is 0 Å². The summed E-state index contributed by atoms with van der Waals surface area (Å²) in [5.41, 5.74) is 0. The summed E-state index contributed by atoms with van der Waals surface area (Å²) in [6, 6.07) is 0. The van der Waals surface area contributed by atoms with E-state index in [1.165, 1.54) is 0 Å². The van der Waals surface area contributed by atoms with Crippen molar-refractivity contribution in [3.8, 4) is 0 Å². The van der Waals surface area contributed by atoms with Crippen LogP contribution in [0.25, 0.3) is 0 Å². The normalized spacial score (nSPS) is 4.00. The minimum atomic E-state index is -1.75. The summed E-state index contributed by atoms with van der Waals surface area (Å²) in [7, 11) is 0. The summed E-state index contributed by atoms with van der Waals surface area (Å²) < 4.78 is 0. The van der Waals surface area contributed by atoms with Crippen molar-refractivity contribution in [3.63, 3.8) is 0 Å². The van der Waals surface area contributed by atoms with E-state index in [2.05, 4.69) is 0 Å². The van der Waals surface area contributed by atoms with Crippen LogP contribution in [0.1, 0.15) is 0 Å². The molecule has 0 saturated carbocycles. The second-order valence-corrected chi connectivity index (χ2v) is 0.224. The first-order valence-electron chi connectivity index (χ1n) is 0.548. The Labute approximate surface area is 66.9 Å². The van der Waals surface area contributed by atoms with Crippen molar-refractivity contribution in [2.24, 2.45) is 0 Å². The minimum absolute atomic E-state index is 0. The second-order valence-electron chi connectivity index (χ2n) is 0.224. The quantitative estimate of drug-likeness (QED) is 0.467. The zero-order chi connectivity index (χ0) is 3.58. The topological polar surface area (TPSA) is 103 Å². The molecule has 0 rings (SSSR count). The molecule has 0 aliphatic carbocycles.